The summed E-state index contributed by atoms with van der Waals surface area (Å²) in [6, 6.07) is 14.9. The maximum absolute atomic E-state index is 12.7. The van der Waals surface area contributed by atoms with Crippen molar-refractivity contribution in [2.45, 2.75) is 51.5 Å². The molecule has 4 heteroatoms. The molecule has 160 valence electrons. The molecule has 0 N–H and O–H groups in total. The van der Waals surface area contributed by atoms with Crippen LogP contribution in [0.15, 0.2) is 54.7 Å². The molecule has 2 heterocycles. The van der Waals surface area contributed by atoms with Crippen molar-refractivity contribution in [3.63, 3.8) is 0 Å². The summed E-state index contributed by atoms with van der Waals surface area (Å²) in [6.45, 7) is 9.73. The van der Waals surface area contributed by atoms with E-state index in [0.717, 1.165) is 50.2 Å². The number of amides is 1. The summed E-state index contributed by atoms with van der Waals surface area (Å²) >= 11 is 0. The van der Waals surface area contributed by atoms with E-state index in [9.17, 15) is 4.79 Å². The summed E-state index contributed by atoms with van der Waals surface area (Å²) in [5.41, 5.74) is 3.66. The monoisotopic (exact) mass is 405 g/mol. The minimum atomic E-state index is 0.0850. The lowest BCUT2D eigenvalue weighted by Crippen LogP contribution is -2.45. The smallest absolute Gasteiger partial charge is 0.246 e. The molecule has 3 rings (SSSR count). The van der Waals surface area contributed by atoms with Crippen molar-refractivity contribution < 1.29 is 4.79 Å². The van der Waals surface area contributed by atoms with E-state index >= 15 is 0 Å². The zero-order valence-electron chi connectivity index (χ0n) is 18.8. The number of carbonyl (C=O) groups is 1. The van der Waals surface area contributed by atoms with Gasteiger partial charge in [-0.15, -0.1) is 0 Å². The quantitative estimate of drug-likeness (QED) is 0.661. The Morgan fingerprint density at radius 3 is 2.43 bits per heavy atom. The van der Waals surface area contributed by atoms with Gasteiger partial charge in [-0.05, 0) is 47.6 Å². The minimum Gasteiger partial charge on any atom is -0.339 e. The lowest BCUT2D eigenvalue weighted by Gasteiger charge is -2.36. The van der Waals surface area contributed by atoms with E-state index in [1.807, 2.05) is 36.4 Å². The van der Waals surface area contributed by atoms with Gasteiger partial charge in [0.25, 0.3) is 0 Å². The number of likely N-dealkylation sites (tertiary alicyclic amines) is 1. The topological polar surface area (TPSA) is 36.4 Å². The normalized spacial score (nSPS) is 16.1. The Morgan fingerprint density at radius 2 is 1.83 bits per heavy atom. The van der Waals surface area contributed by atoms with Crippen molar-refractivity contribution in [2.75, 3.05) is 26.7 Å². The highest BCUT2D eigenvalue weighted by Gasteiger charge is 2.24. The third-order valence-corrected chi connectivity index (χ3v) is 6.06. The second kappa shape index (κ2) is 10.0. The molecule has 1 aliphatic heterocycles. The van der Waals surface area contributed by atoms with Gasteiger partial charge in [-0.3, -0.25) is 9.78 Å². The van der Waals surface area contributed by atoms with Gasteiger partial charge in [-0.1, -0.05) is 51.1 Å². The Labute approximate surface area is 181 Å². The fraction of sp³-hybridized carbons (Fsp3) is 0.462. The molecular weight excluding hydrogens is 370 g/mol. The molecule has 2 aromatic rings. The Hall–Kier alpha value is -2.46. The summed E-state index contributed by atoms with van der Waals surface area (Å²) in [4.78, 5) is 21.5. The maximum Gasteiger partial charge on any atom is 0.246 e. The van der Waals surface area contributed by atoms with Crippen molar-refractivity contribution in [3.8, 4) is 0 Å². The number of rotatable bonds is 6. The summed E-state index contributed by atoms with van der Waals surface area (Å²) in [7, 11) is 1.93. The predicted octanol–water partition coefficient (Wildman–Crippen LogP) is 4.56. The average molecular weight is 406 g/mol. The highest BCUT2D eigenvalue weighted by molar-refractivity contribution is 5.91. The molecular formula is C26H35N3O. The number of pyridine rings is 1. The van der Waals surface area contributed by atoms with Crippen LogP contribution in [0.2, 0.25) is 0 Å². The highest BCUT2D eigenvalue weighted by Crippen LogP contribution is 2.22. The van der Waals surface area contributed by atoms with Gasteiger partial charge in [0.2, 0.25) is 5.91 Å². The SMILES string of the molecule is CN(C(=O)/C=C/c1ccc(C(C)(C)C)cc1)C1CCN(CCc2ccccn2)CC1. The lowest BCUT2D eigenvalue weighted by molar-refractivity contribution is -0.127. The van der Waals surface area contributed by atoms with E-state index in [2.05, 4.69) is 61.0 Å². The van der Waals surface area contributed by atoms with Crippen LogP contribution in [-0.4, -0.2) is 53.4 Å². The first-order chi connectivity index (χ1) is 14.3. The lowest BCUT2D eigenvalue weighted by atomic mass is 9.87. The maximum atomic E-state index is 12.7. The summed E-state index contributed by atoms with van der Waals surface area (Å²) in [6.07, 6.45) is 8.52. The van der Waals surface area contributed by atoms with E-state index in [1.165, 1.54) is 5.56 Å². The van der Waals surface area contributed by atoms with Crippen molar-refractivity contribution in [3.05, 3.63) is 71.6 Å². The number of likely N-dealkylation sites (N-methyl/N-ethyl adjacent to an activating group) is 1. The van der Waals surface area contributed by atoms with Gasteiger partial charge in [-0.25, -0.2) is 0 Å². The number of piperidine rings is 1. The molecule has 1 saturated heterocycles. The Bertz CT molecular complexity index is 829. The van der Waals surface area contributed by atoms with Gasteiger partial charge in [0, 0.05) is 57.1 Å². The first-order valence-electron chi connectivity index (χ1n) is 11.0. The highest BCUT2D eigenvalue weighted by atomic mass is 16.2. The molecule has 30 heavy (non-hydrogen) atoms. The number of nitrogens with zero attached hydrogens (tertiary/aromatic N) is 3. The molecule has 1 aromatic heterocycles. The molecule has 0 radical (unpaired) electrons. The Balaban J connectivity index is 1.45. The summed E-state index contributed by atoms with van der Waals surface area (Å²) < 4.78 is 0. The molecule has 1 fully saturated rings. The first kappa shape index (κ1) is 22.2. The molecule has 1 amide bonds. The molecule has 0 saturated carbocycles. The zero-order chi connectivity index (χ0) is 21.6. The van der Waals surface area contributed by atoms with E-state index < -0.39 is 0 Å². The molecule has 4 nitrogen and oxygen atoms in total. The van der Waals surface area contributed by atoms with Gasteiger partial charge in [0.05, 0.1) is 0 Å². The third-order valence-electron chi connectivity index (χ3n) is 6.06. The van der Waals surface area contributed by atoms with E-state index in [1.54, 1.807) is 6.08 Å². The van der Waals surface area contributed by atoms with Crippen molar-refractivity contribution in [1.82, 2.24) is 14.8 Å². The van der Waals surface area contributed by atoms with Crippen LogP contribution in [0.5, 0.6) is 0 Å². The van der Waals surface area contributed by atoms with E-state index in [4.69, 9.17) is 0 Å². The minimum absolute atomic E-state index is 0.0850. The number of aromatic nitrogens is 1. The standard InChI is InChI=1S/C26H35N3O/c1-26(2,3)22-11-8-21(9-12-22)10-13-25(30)28(4)24-15-19-29(20-16-24)18-14-23-7-5-6-17-27-23/h5-13,17,24H,14-16,18-20H2,1-4H3/b13-10+. The molecule has 1 aliphatic rings. The fourth-order valence-electron chi connectivity index (χ4n) is 3.91. The largest absolute Gasteiger partial charge is 0.339 e. The second-order valence-corrected chi connectivity index (χ2v) is 9.30. The first-order valence-corrected chi connectivity index (χ1v) is 11.0. The zero-order valence-corrected chi connectivity index (χ0v) is 18.8. The Morgan fingerprint density at radius 1 is 1.13 bits per heavy atom. The Kier molecular flexibility index (Phi) is 7.43. The van der Waals surface area contributed by atoms with Crippen LogP contribution in [-0.2, 0) is 16.6 Å². The van der Waals surface area contributed by atoms with Crippen LogP contribution >= 0.6 is 0 Å². The molecule has 0 spiro atoms. The molecule has 0 atom stereocenters. The average Bonchev–Trinajstić information content (AvgIpc) is 2.76. The van der Waals surface area contributed by atoms with Crippen LogP contribution in [0, 0.1) is 0 Å². The van der Waals surface area contributed by atoms with Crippen molar-refractivity contribution in [2.24, 2.45) is 0 Å². The second-order valence-electron chi connectivity index (χ2n) is 9.30. The number of hydrogen-bond donors (Lipinski definition) is 0. The number of hydrogen-bond acceptors (Lipinski definition) is 3. The molecule has 1 aromatic carbocycles. The third kappa shape index (κ3) is 6.27. The molecule has 0 aliphatic carbocycles. The summed E-state index contributed by atoms with van der Waals surface area (Å²) in [5, 5.41) is 0. The van der Waals surface area contributed by atoms with Crippen LogP contribution in [0.4, 0.5) is 0 Å². The number of carbonyl (C=O) groups excluding carboxylic acids is 1. The predicted molar refractivity (Wildman–Crippen MR) is 124 cm³/mol. The molecule has 0 bridgehead atoms. The van der Waals surface area contributed by atoms with E-state index in [0.29, 0.717) is 6.04 Å². The van der Waals surface area contributed by atoms with Gasteiger partial charge < -0.3 is 9.80 Å². The summed E-state index contributed by atoms with van der Waals surface area (Å²) in [5.74, 6) is 0.0850. The number of benzene rings is 1. The van der Waals surface area contributed by atoms with Crippen molar-refractivity contribution >= 4 is 12.0 Å². The van der Waals surface area contributed by atoms with Crippen LogP contribution in [0.1, 0.15) is 50.4 Å². The van der Waals surface area contributed by atoms with Gasteiger partial charge in [0.15, 0.2) is 0 Å². The van der Waals surface area contributed by atoms with Gasteiger partial charge in [-0.2, -0.15) is 0 Å². The van der Waals surface area contributed by atoms with Gasteiger partial charge >= 0.3 is 0 Å². The van der Waals surface area contributed by atoms with Gasteiger partial charge in [0.1, 0.15) is 0 Å². The van der Waals surface area contributed by atoms with Crippen LogP contribution < -0.4 is 0 Å². The van der Waals surface area contributed by atoms with Crippen LogP contribution in [0.25, 0.3) is 6.08 Å². The van der Waals surface area contributed by atoms with Crippen LogP contribution in [0.3, 0.4) is 0 Å². The molecule has 0 unspecified atom stereocenters. The van der Waals surface area contributed by atoms with E-state index in [-0.39, 0.29) is 11.3 Å². The van der Waals surface area contributed by atoms with Crippen molar-refractivity contribution in [1.29, 1.82) is 0 Å². The fourth-order valence-corrected chi connectivity index (χ4v) is 3.91.